The number of fused-ring (bicyclic) bond motifs is 1. The first-order chi connectivity index (χ1) is 5.79. The number of oxazole rings is 1. The van der Waals surface area contributed by atoms with Crippen molar-refractivity contribution in [2.75, 3.05) is 0 Å². The van der Waals surface area contributed by atoms with Gasteiger partial charge in [0.2, 0.25) is 0 Å². The Morgan fingerprint density at radius 2 is 2.33 bits per heavy atom. The van der Waals surface area contributed by atoms with Gasteiger partial charge in [-0.2, -0.15) is 0 Å². The largest absolute Gasteiger partial charge is 0.432 e. The first-order valence-corrected chi connectivity index (χ1v) is 4.92. The molecule has 0 radical (unpaired) electrons. The van der Waals surface area contributed by atoms with Crippen LogP contribution < -0.4 is 0 Å². The summed E-state index contributed by atoms with van der Waals surface area (Å²) in [7, 11) is 0. The number of nitrogens with zero attached hydrogens (tertiary/aromatic N) is 1. The normalized spacial score (nSPS) is 10.8. The molecule has 0 unspecified atom stereocenters. The number of hydrogen-bond acceptors (Lipinski definition) is 2. The van der Waals surface area contributed by atoms with Gasteiger partial charge >= 0.3 is 0 Å². The highest BCUT2D eigenvalue weighted by Crippen LogP contribution is 2.18. The molecule has 0 bridgehead atoms. The lowest BCUT2D eigenvalue weighted by Crippen LogP contribution is -1.77. The fourth-order valence-electron chi connectivity index (χ4n) is 1.16. The topological polar surface area (TPSA) is 26.0 Å². The molecule has 1 aromatic carbocycles. The van der Waals surface area contributed by atoms with Gasteiger partial charge in [0.05, 0.1) is 0 Å². The highest BCUT2D eigenvalue weighted by molar-refractivity contribution is 14.1. The molecule has 1 aromatic heterocycles. The van der Waals surface area contributed by atoms with Crippen molar-refractivity contribution in [2.45, 2.75) is 13.3 Å². The molecule has 1 heterocycles. The Morgan fingerprint density at radius 3 is 3.08 bits per heavy atom. The zero-order chi connectivity index (χ0) is 8.55. The number of aryl methyl sites for hydroxylation is 1. The summed E-state index contributed by atoms with van der Waals surface area (Å²) in [5, 5.41) is 0. The molecule has 2 nitrogen and oxygen atoms in total. The van der Waals surface area contributed by atoms with E-state index in [9.17, 15) is 0 Å². The van der Waals surface area contributed by atoms with E-state index in [0.29, 0.717) is 3.90 Å². The standard InChI is InChI=1S/C9H8INO/c1-2-6-3-4-7-8(5-6)12-9(10)11-7/h3-5H,2H2,1H3. The van der Waals surface area contributed by atoms with Crippen LogP contribution in [0.25, 0.3) is 11.1 Å². The van der Waals surface area contributed by atoms with Crippen LogP contribution in [0.2, 0.25) is 0 Å². The molecule has 0 amide bonds. The molecule has 12 heavy (non-hydrogen) atoms. The molecule has 0 fully saturated rings. The minimum Gasteiger partial charge on any atom is -0.432 e. The second kappa shape index (κ2) is 3.05. The van der Waals surface area contributed by atoms with E-state index in [-0.39, 0.29) is 0 Å². The molecule has 2 rings (SSSR count). The Kier molecular flexibility index (Phi) is 2.04. The SMILES string of the molecule is CCc1ccc2nc(I)oc2c1. The van der Waals surface area contributed by atoms with Crippen molar-refractivity contribution in [3.05, 3.63) is 27.7 Å². The molecule has 0 aliphatic rings. The van der Waals surface area contributed by atoms with Crippen LogP contribution in [-0.2, 0) is 6.42 Å². The molecule has 0 N–H and O–H groups in total. The molecule has 0 spiro atoms. The Morgan fingerprint density at radius 1 is 1.50 bits per heavy atom. The zero-order valence-corrected chi connectivity index (χ0v) is 8.83. The molecule has 0 aliphatic heterocycles. The predicted molar refractivity (Wildman–Crippen MR) is 56.1 cm³/mol. The van der Waals surface area contributed by atoms with Crippen molar-refractivity contribution < 1.29 is 4.42 Å². The van der Waals surface area contributed by atoms with Gasteiger partial charge in [0.15, 0.2) is 5.58 Å². The number of rotatable bonds is 1. The maximum absolute atomic E-state index is 5.39. The third kappa shape index (κ3) is 1.33. The van der Waals surface area contributed by atoms with E-state index in [1.54, 1.807) is 0 Å². The highest BCUT2D eigenvalue weighted by Gasteiger charge is 2.02. The smallest absolute Gasteiger partial charge is 0.258 e. The predicted octanol–water partition coefficient (Wildman–Crippen LogP) is 2.99. The second-order valence-electron chi connectivity index (χ2n) is 2.62. The van der Waals surface area contributed by atoms with Crippen molar-refractivity contribution in [3.8, 4) is 0 Å². The van der Waals surface area contributed by atoms with Crippen molar-refractivity contribution in [3.63, 3.8) is 0 Å². The monoisotopic (exact) mass is 273 g/mol. The maximum Gasteiger partial charge on any atom is 0.258 e. The summed E-state index contributed by atoms with van der Waals surface area (Å²) in [5.41, 5.74) is 3.12. The summed E-state index contributed by atoms with van der Waals surface area (Å²) >= 11 is 2.08. The maximum atomic E-state index is 5.39. The van der Waals surface area contributed by atoms with Crippen LogP contribution in [0.1, 0.15) is 12.5 Å². The summed E-state index contributed by atoms with van der Waals surface area (Å²) in [4.78, 5) is 4.21. The minimum atomic E-state index is 0.704. The number of benzene rings is 1. The fraction of sp³-hybridized carbons (Fsp3) is 0.222. The second-order valence-corrected chi connectivity index (χ2v) is 3.55. The Labute approximate surface area is 84.1 Å². The molecule has 0 aliphatic carbocycles. The van der Waals surface area contributed by atoms with Crippen LogP contribution >= 0.6 is 22.6 Å². The minimum absolute atomic E-state index is 0.704. The average molecular weight is 273 g/mol. The summed E-state index contributed by atoms with van der Waals surface area (Å²) in [6.07, 6.45) is 1.03. The highest BCUT2D eigenvalue weighted by atomic mass is 127. The van der Waals surface area contributed by atoms with Crippen LogP contribution in [-0.4, -0.2) is 4.98 Å². The Balaban J connectivity index is 2.66. The lowest BCUT2D eigenvalue weighted by molar-refractivity contribution is 0.566. The van der Waals surface area contributed by atoms with Gasteiger partial charge in [0, 0.05) is 22.6 Å². The summed E-state index contributed by atoms with van der Waals surface area (Å²) in [6.45, 7) is 2.13. The molecule has 0 saturated heterocycles. The van der Waals surface area contributed by atoms with Gasteiger partial charge in [0.25, 0.3) is 3.90 Å². The van der Waals surface area contributed by atoms with Crippen molar-refractivity contribution in [2.24, 2.45) is 0 Å². The van der Waals surface area contributed by atoms with E-state index in [0.717, 1.165) is 17.5 Å². The van der Waals surface area contributed by atoms with E-state index < -0.39 is 0 Å². The van der Waals surface area contributed by atoms with E-state index in [2.05, 4.69) is 40.6 Å². The van der Waals surface area contributed by atoms with Crippen LogP contribution in [0.3, 0.4) is 0 Å². The summed E-state index contributed by atoms with van der Waals surface area (Å²) < 4.78 is 6.09. The fourth-order valence-corrected chi connectivity index (χ4v) is 1.66. The first kappa shape index (κ1) is 8.04. The van der Waals surface area contributed by atoms with Gasteiger partial charge in [-0.25, -0.2) is 4.98 Å². The number of halogens is 1. The van der Waals surface area contributed by atoms with Gasteiger partial charge < -0.3 is 4.42 Å². The lowest BCUT2D eigenvalue weighted by Gasteiger charge is -1.92. The van der Waals surface area contributed by atoms with Gasteiger partial charge in [-0.1, -0.05) is 13.0 Å². The van der Waals surface area contributed by atoms with Crippen molar-refractivity contribution in [1.29, 1.82) is 0 Å². The van der Waals surface area contributed by atoms with Gasteiger partial charge in [-0.3, -0.25) is 0 Å². The van der Waals surface area contributed by atoms with Crippen LogP contribution in [0, 0.1) is 3.90 Å². The third-order valence-corrected chi connectivity index (χ3v) is 2.30. The Hall–Kier alpha value is -0.580. The molecular weight excluding hydrogens is 265 g/mol. The van der Waals surface area contributed by atoms with E-state index >= 15 is 0 Å². The molecule has 2 aromatic rings. The first-order valence-electron chi connectivity index (χ1n) is 3.84. The summed E-state index contributed by atoms with van der Waals surface area (Å²) in [5.74, 6) is 0. The third-order valence-electron chi connectivity index (χ3n) is 1.83. The van der Waals surface area contributed by atoms with E-state index in [4.69, 9.17) is 4.42 Å². The van der Waals surface area contributed by atoms with E-state index in [1.165, 1.54) is 5.56 Å². The van der Waals surface area contributed by atoms with Gasteiger partial charge in [-0.05, 0) is 24.1 Å². The molecule has 0 atom stereocenters. The number of aromatic nitrogens is 1. The zero-order valence-electron chi connectivity index (χ0n) is 6.67. The van der Waals surface area contributed by atoms with Crippen LogP contribution in [0.5, 0.6) is 0 Å². The quantitative estimate of drug-likeness (QED) is 0.746. The van der Waals surface area contributed by atoms with Gasteiger partial charge in [0.1, 0.15) is 5.52 Å². The van der Waals surface area contributed by atoms with Gasteiger partial charge in [-0.15, -0.1) is 0 Å². The van der Waals surface area contributed by atoms with E-state index in [1.807, 2.05) is 12.1 Å². The molecule has 62 valence electrons. The Bertz CT molecular complexity index is 408. The molecule has 0 saturated carbocycles. The lowest BCUT2D eigenvalue weighted by atomic mass is 10.2. The summed E-state index contributed by atoms with van der Waals surface area (Å²) in [6, 6.07) is 6.13. The molecular formula is C9H8INO. The van der Waals surface area contributed by atoms with Crippen molar-refractivity contribution >= 4 is 33.7 Å². The van der Waals surface area contributed by atoms with Crippen LogP contribution in [0.4, 0.5) is 0 Å². The van der Waals surface area contributed by atoms with Crippen molar-refractivity contribution in [1.82, 2.24) is 4.98 Å². The molecule has 3 heteroatoms. The average Bonchev–Trinajstić information content (AvgIpc) is 2.43. The number of hydrogen-bond donors (Lipinski definition) is 0. The van der Waals surface area contributed by atoms with Crippen LogP contribution in [0.15, 0.2) is 22.6 Å².